The van der Waals surface area contributed by atoms with Crippen LogP contribution in [-0.2, 0) is 0 Å². The summed E-state index contributed by atoms with van der Waals surface area (Å²) in [6, 6.07) is 4.64. The average molecular weight is 220 g/mol. The van der Waals surface area contributed by atoms with Crippen LogP contribution in [0.4, 0.5) is 5.82 Å². The highest BCUT2D eigenvalue weighted by Crippen LogP contribution is 2.26. The molecule has 0 radical (unpaired) electrons. The second-order valence-electron chi connectivity index (χ2n) is 4.52. The van der Waals surface area contributed by atoms with Crippen LogP contribution in [-0.4, -0.2) is 22.7 Å². The molecule has 2 atom stereocenters. The number of pyridine rings is 1. The third-order valence-corrected chi connectivity index (χ3v) is 3.40. The second kappa shape index (κ2) is 4.83. The fourth-order valence-corrected chi connectivity index (χ4v) is 2.38. The molecule has 1 aromatic heterocycles. The van der Waals surface area contributed by atoms with Gasteiger partial charge in [0.15, 0.2) is 0 Å². The van der Waals surface area contributed by atoms with E-state index in [1.54, 1.807) is 13.1 Å². The summed E-state index contributed by atoms with van der Waals surface area (Å²) in [5.74, 6) is 1.05. The zero-order valence-corrected chi connectivity index (χ0v) is 10.1. The van der Waals surface area contributed by atoms with Crippen LogP contribution >= 0.6 is 0 Å². The van der Waals surface area contributed by atoms with Crippen molar-refractivity contribution in [2.45, 2.75) is 45.3 Å². The lowest BCUT2D eigenvalue weighted by Gasteiger charge is -2.24. The highest BCUT2D eigenvalue weighted by atomic mass is 16.3. The fourth-order valence-electron chi connectivity index (χ4n) is 2.38. The number of aliphatic hydroxyl groups is 1. The van der Waals surface area contributed by atoms with Crippen molar-refractivity contribution in [2.75, 3.05) is 11.4 Å². The summed E-state index contributed by atoms with van der Waals surface area (Å²) in [5.41, 5.74) is 0.885. The summed E-state index contributed by atoms with van der Waals surface area (Å²) in [4.78, 5) is 6.83. The molecule has 2 heterocycles. The van der Waals surface area contributed by atoms with E-state index in [2.05, 4.69) is 16.8 Å². The lowest BCUT2D eigenvalue weighted by molar-refractivity contribution is 0.199. The SMILES string of the molecule is CCC1CCCN1c1ccc([C@H](C)O)cn1. The van der Waals surface area contributed by atoms with Crippen molar-refractivity contribution in [2.24, 2.45) is 0 Å². The summed E-state index contributed by atoms with van der Waals surface area (Å²) in [5, 5.41) is 9.42. The van der Waals surface area contributed by atoms with E-state index in [-0.39, 0.29) is 0 Å². The van der Waals surface area contributed by atoms with Crippen molar-refractivity contribution in [3.63, 3.8) is 0 Å². The Balaban J connectivity index is 2.15. The maximum Gasteiger partial charge on any atom is 0.128 e. The first-order valence-corrected chi connectivity index (χ1v) is 6.13. The molecule has 1 aromatic rings. The van der Waals surface area contributed by atoms with Gasteiger partial charge in [-0.15, -0.1) is 0 Å². The molecule has 3 nitrogen and oxygen atoms in total. The predicted octanol–water partition coefficient (Wildman–Crippen LogP) is 2.51. The first kappa shape index (κ1) is 11.4. The molecule has 1 saturated heterocycles. The lowest BCUT2D eigenvalue weighted by Crippen LogP contribution is -2.29. The van der Waals surface area contributed by atoms with Gasteiger partial charge in [0.1, 0.15) is 5.82 Å². The molecule has 0 spiro atoms. The molecule has 0 aliphatic carbocycles. The Morgan fingerprint density at radius 1 is 1.56 bits per heavy atom. The van der Waals surface area contributed by atoms with Crippen LogP contribution in [0.1, 0.15) is 44.8 Å². The number of rotatable bonds is 3. The minimum absolute atomic E-state index is 0.429. The Hall–Kier alpha value is -1.09. The van der Waals surface area contributed by atoms with E-state index in [9.17, 15) is 5.11 Å². The monoisotopic (exact) mass is 220 g/mol. The molecule has 1 unspecified atom stereocenters. The van der Waals surface area contributed by atoms with Crippen LogP contribution in [0, 0.1) is 0 Å². The molecule has 0 bridgehead atoms. The number of nitrogens with zero attached hydrogens (tertiary/aromatic N) is 2. The summed E-state index contributed by atoms with van der Waals surface area (Å²) in [7, 11) is 0. The smallest absolute Gasteiger partial charge is 0.128 e. The summed E-state index contributed by atoms with van der Waals surface area (Å²) in [6.07, 6.45) is 5.07. The van der Waals surface area contributed by atoms with Crippen LogP contribution < -0.4 is 4.90 Å². The standard InChI is InChI=1S/C13H20N2O/c1-3-12-5-4-8-15(12)13-7-6-11(9-14-13)10(2)16/h6-7,9-10,12,16H,3-5,8H2,1-2H3/t10-,12?/m0/s1. The van der Waals surface area contributed by atoms with Crippen molar-refractivity contribution < 1.29 is 5.11 Å². The van der Waals surface area contributed by atoms with Gasteiger partial charge in [0, 0.05) is 18.8 Å². The van der Waals surface area contributed by atoms with E-state index in [4.69, 9.17) is 0 Å². The third-order valence-electron chi connectivity index (χ3n) is 3.40. The Labute approximate surface area is 97.1 Å². The van der Waals surface area contributed by atoms with Crippen molar-refractivity contribution in [3.8, 4) is 0 Å². The van der Waals surface area contributed by atoms with Gasteiger partial charge in [0.25, 0.3) is 0 Å². The van der Waals surface area contributed by atoms with Gasteiger partial charge in [-0.2, -0.15) is 0 Å². The van der Waals surface area contributed by atoms with E-state index < -0.39 is 6.10 Å². The molecule has 88 valence electrons. The molecule has 1 N–H and O–H groups in total. The van der Waals surface area contributed by atoms with Crippen LogP contribution in [0.15, 0.2) is 18.3 Å². The summed E-state index contributed by atoms with van der Waals surface area (Å²) < 4.78 is 0. The van der Waals surface area contributed by atoms with Gasteiger partial charge in [0.2, 0.25) is 0 Å². The van der Waals surface area contributed by atoms with Crippen LogP contribution in [0.2, 0.25) is 0 Å². The van der Waals surface area contributed by atoms with E-state index in [1.807, 2.05) is 12.1 Å². The van der Waals surface area contributed by atoms with Crippen LogP contribution in [0.5, 0.6) is 0 Å². The van der Waals surface area contributed by atoms with Gasteiger partial charge in [-0.05, 0) is 37.8 Å². The van der Waals surface area contributed by atoms with E-state index in [0.29, 0.717) is 6.04 Å². The molecular formula is C13H20N2O. The Bertz CT molecular complexity index is 334. The largest absolute Gasteiger partial charge is 0.389 e. The average Bonchev–Trinajstić information content (AvgIpc) is 2.77. The van der Waals surface area contributed by atoms with Crippen molar-refractivity contribution >= 4 is 5.82 Å². The highest BCUT2D eigenvalue weighted by Gasteiger charge is 2.23. The van der Waals surface area contributed by atoms with Gasteiger partial charge in [0.05, 0.1) is 6.10 Å². The fraction of sp³-hybridized carbons (Fsp3) is 0.615. The number of hydrogen-bond donors (Lipinski definition) is 1. The summed E-state index contributed by atoms with van der Waals surface area (Å²) >= 11 is 0. The van der Waals surface area contributed by atoms with Crippen molar-refractivity contribution in [1.29, 1.82) is 0 Å². The zero-order chi connectivity index (χ0) is 11.5. The molecule has 0 amide bonds. The lowest BCUT2D eigenvalue weighted by atomic mass is 10.1. The van der Waals surface area contributed by atoms with E-state index >= 15 is 0 Å². The third kappa shape index (κ3) is 2.19. The summed E-state index contributed by atoms with van der Waals surface area (Å²) in [6.45, 7) is 5.11. The second-order valence-corrected chi connectivity index (χ2v) is 4.52. The van der Waals surface area contributed by atoms with Crippen LogP contribution in [0.3, 0.4) is 0 Å². The topological polar surface area (TPSA) is 36.4 Å². The van der Waals surface area contributed by atoms with Crippen molar-refractivity contribution in [1.82, 2.24) is 4.98 Å². The molecule has 3 heteroatoms. The molecule has 16 heavy (non-hydrogen) atoms. The molecule has 1 aliphatic heterocycles. The van der Waals surface area contributed by atoms with Crippen molar-refractivity contribution in [3.05, 3.63) is 23.9 Å². The normalized spacial score (nSPS) is 22.4. The Morgan fingerprint density at radius 3 is 2.94 bits per heavy atom. The molecule has 1 aliphatic rings. The van der Waals surface area contributed by atoms with Gasteiger partial charge in [-0.1, -0.05) is 13.0 Å². The number of hydrogen-bond acceptors (Lipinski definition) is 3. The number of aliphatic hydroxyl groups excluding tert-OH is 1. The predicted molar refractivity (Wildman–Crippen MR) is 65.5 cm³/mol. The first-order chi connectivity index (χ1) is 7.72. The van der Waals surface area contributed by atoms with Gasteiger partial charge < -0.3 is 10.0 Å². The maximum atomic E-state index is 9.42. The van der Waals surface area contributed by atoms with E-state index in [1.165, 1.54) is 19.3 Å². The maximum absolute atomic E-state index is 9.42. The van der Waals surface area contributed by atoms with E-state index in [0.717, 1.165) is 17.9 Å². The van der Waals surface area contributed by atoms with Gasteiger partial charge in [-0.25, -0.2) is 4.98 Å². The minimum Gasteiger partial charge on any atom is -0.389 e. The van der Waals surface area contributed by atoms with Gasteiger partial charge in [-0.3, -0.25) is 0 Å². The molecule has 0 aromatic carbocycles. The van der Waals surface area contributed by atoms with Gasteiger partial charge >= 0.3 is 0 Å². The Morgan fingerprint density at radius 2 is 2.38 bits per heavy atom. The highest BCUT2D eigenvalue weighted by molar-refractivity contribution is 5.42. The van der Waals surface area contributed by atoms with Crippen LogP contribution in [0.25, 0.3) is 0 Å². The Kier molecular flexibility index (Phi) is 3.44. The number of anilines is 1. The molecule has 0 saturated carbocycles. The zero-order valence-electron chi connectivity index (χ0n) is 10.1. The molecule has 1 fully saturated rings. The first-order valence-electron chi connectivity index (χ1n) is 6.13. The minimum atomic E-state index is -0.429. The quantitative estimate of drug-likeness (QED) is 0.850. The molecule has 2 rings (SSSR count). The number of aromatic nitrogens is 1. The molecular weight excluding hydrogens is 200 g/mol.